The smallest absolute Gasteiger partial charge is 0.264 e. The van der Waals surface area contributed by atoms with Crippen LogP contribution in [0.25, 0.3) is 0 Å². The van der Waals surface area contributed by atoms with Gasteiger partial charge < -0.3 is 14.4 Å². The SMILES string of the molecule is COc1ccc(N(CC(=O)N2CCN(S(=O)(=O)c3ccc(C)cc3)CC2)S(=O)(=O)c2ccccc2)cc1OC. The van der Waals surface area contributed by atoms with Crippen LogP contribution in [0, 0.1) is 6.92 Å². The van der Waals surface area contributed by atoms with E-state index in [0.29, 0.717) is 11.5 Å². The van der Waals surface area contributed by atoms with Crippen LogP contribution in [0.1, 0.15) is 5.56 Å². The lowest BCUT2D eigenvalue weighted by molar-refractivity contribution is -0.130. The quantitative estimate of drug-likeness (QED) is 0.387. The minimum Gasteiger partial charge on any atom is -0.493 e. The summed E-state index contributed by atoms with van der Waals surface area (Å²) in [5, 5.41) is 0. The average Bonchev–Trinajstić information content (AvgIpc) is 2.96. The summed E-state index contributed by atoms with van der Waals surface area (Å²) in [6, 6.07) is 19.1. The summed E-state index contributed by atoms with van der Waals surface area (Å²) in [7, 11) is -4.92. The molecule has 208 valence electrons. The molecule has 0 aromatic heterocycles. The zero-order chi connectivity index (χ0) is 28.2. The molecule has 1 amide bonds. The largest absolute Gasteiger partial charge is 0.493 e. The Morgan fingerprint density at radius 3 is 2.00 bits per heavy atom. The third-order valence-corrected chi connectivity index (χ3v) is 10.2. The molecule has 1 fully saturated rings. The average molecular weight is 574 g/mol. The lowest BCUT2D eigenvalue weighted by atomic mass is 10.2. The van der Waals surface area contributed by atoms with E-state index in [4.69, 9.17) is 9.47 Å². The van der Waals surface area contributed by atoms with E-state index in [1.165, 1.54) is 41.6 Å². The maximum absolute atomic E-state index is 13.7. The maximum atomic E-state index is 13.7. The number of ether oxygens (including phenoxy) is 2. The van der Waals surface area contributed by atoms with Gasteiger partial charge in [0.2, 0.25) is 15.9 Å². The molecule has 1 saturated heterocycles. The number of rotatable bonds is 9. The fourth-order valence-corrected chi connectivity index (χ4v) is 7.12. The molecule has 0 unspecified atom stereocenters. The van der Waals surface area contributed by atoms with Gasteiger partial charge in [-0.15, -0.1) is 0 Å². The third-order valence-electron chi connectivity index (χ3n) is 6.52. The highest BCUT2D eigenvalue weighted by Gasteiger charge is 2.33. The van der Waals surface area contributed by atoms with Crippen molar-refractivity contribution in [2.75, 3.05) is 51.2 Å². The Balaban J connectivity index is 1.56. The van der Waals surface area contributed by atoms with Crippen LogP contribution < -0.4 is 13.8 Å². The van der Waals surface area contributed by atoms with Gasteiger partial charge in [-0.25, -0.2) is 16.8 Å². The fraction of sp³-hybridized carbons (Fsp3) is 0.296. The van der Waals surface area contributed by atoms with E-state index >= 15 is 0 Å². The number of amides is 1. The summed E-state index contributed by atoms with van der Waals surface area (Å²) in [4.78, 5) is 15.1. The summed E-state index contributed by atoms with van der Waals surface area (Å²) in [6.07, 6.45) is 0. The summed E-state index contributed by atoms with van der Waals surface area (Å²) in [5.74, 6) is 0.276. The molecule has 0 atom stereocenters. The highest BCUT2D eigenvalue weighted by Crippen LogP contribution is 2.34. The van der Waals surface area contributed by atoms with Gasteiger partial charge in [0.1, 0.15) is 6.54 Å². The van der Waals surface area contributed by atoms with Gasteiger partial charge in [0.05, 0.1) is 29.7 Å². The molecular weight excluding hydrogens is 542 g/mol. The number of carbonyl (C=O) groups excluding carboxylic acids is 1. The minimum absolute atomic E-state index is 0.0293. The van der Waals surface area contributed by atoms with Crippen molar-refractivity contribution in [1.29, 1.82) is 0 Å². The Kier molecular flexibility index (Phi) is 8.48. The number of methoxy groups -OCH3 is 2. The van der Waals surface area contributed by atoms with E-state index in [0.717, 1.165) is 9.87 Å². The zero-order valence-electron chi connectivity index (χ0n) is 22.0. The van der Waals surface area contributed by atoms with E-state index < -0.39 is 32.5 Å². The number of carbonyl (C=O) groups is 1. The number of piperazine rings is 1. The molecular formula is C27H31N3O7S2. The summed E-state index contributed by atoms with van der Waals surface area (Å²) < 4.78 is 66.4. The van der Waals surface area contributed by atoms with E-state index in [1.54, 1.807) is 54.6 Å². The normalized spacial score (nSPS) is 14.6. The number of hydrogen-bond donors (Lipinski definition) is 0. The molecule has 0 bridgehead atoms. The number of benzene rings is 3. The molecule has 4 rings (SSSR count). The number of sulfonamides is 2. The molecule has 0 N–H and O–H groups in total. The van der Waals surface area contributed by atoms with Crippen molar-refractivity contribution in [1.82, 2.24) is 9.21 Å². The van der Waals surface area contributed by atoms with Crippen LogP contribution in [0.5, 0.6) is 11.5 Å². The predicted molar refractivity (Wildman–Crippen MR) is 147 cm³/mol. The Labute approximate surface area is 229 Å². The lowest BCUT2D eigenvalue weighted by Crippen LogP contribution is -2.53. The highest BCUT2D eigenvalue weighted by molar-refractivity contribution is 7.92. The molecule has 1 aliphatic heterocycles. The number of nitrogens with zero attached hydrogens (tertiary/aromatic N) is 3. The first-order valence-corrected chi connectivity index (χ1v) is 15.1. The van der Waals surface area contributed by atoms with Gasteiger partial charge in [-0.1, -0.05) is 35.9 Å². The molecule has 1 heterocycles. The fourth-order valence-electron chi connectivity index (χ4n) is 4.27. The van der Waals surface area contributed by atoms with Gasteiger partial charge in [-0.05, 0) is 43.3 Å². The molecule has 10 nitrogen and oxygen atoms in total. The highest BCUT2D eigenvalue weighted by atomic mass is 32.2. The second kappa shape index (κ2) is 11.6. The van der Waals surface area contributed by atoms with E-state index in [1.807, 2.05) is 6.92 Å². The van der Waals surface area contributed by atoms with Crippen molar-refractivity contribution in [2.45, 2.75) is 16.7 Å². The number of anilines is 1. The standard InChI is InChI=1S/C27H31N3O7S2/c1-21-9-12-24(13-10-21)38(32,33)29-17-15-28(16-18-29)27(31)20-30(39(34,35)23-7-5-4-6-8-23)22-11-14-25(36-2)26(19-22)37-3/h4-14,19H,15-18,20H2,1-3H3. The van der Waals surface area contributed by atoms with E-state index in [-0.39, 0.29) is 41.7 Å². The third kappa shape index (κ3) is 6.02. The second-order valence-corrected chi connectivity index (χ2v) is 12.8. The molecule has 12 heteroatoms. The van der Waals surface area contributed by atoms with Gasteiger partial charge >= 0.3 is 0 Å². The van der Waals surface area contributed by atoms with Crippen molar-refractivity contribution in [3.63, 3.8) is 0 Å². The van der Waals surface area contributed by atoms with Crippen LogP contribution >= 0.6 is 0 Å². The van der Waals surface area contributed by atoms with Crippen LogP contribution in [0.4, 0.5) is 5.69 Å². The molecule has 3 aromatic carbocycles. The van der Waals surface area contributed by atoms with Crippen molar-refractivity contribution in [2.24, 2.45) is 0 Å². The first-order valence-electron chi connectivity index (χ1n) is 12.2. The second-order valence-electron chi connectivity index (χ2n) is 8.96. The molecule has 0 radical (unpaired) electrons. The summed E-state index contributed by atoms with van der Waals surface area (Å²) in [6.45, 7) is 1.87. The van der Waals surface area contributed by atoms with Crippen LogP contribution in [-0.2, 0) is 24.8 Å². The number of hydrogen-bond acceptors (Lipinski definition) is 7. The van der Waals surface area contributed by atoms with Crippen molar-refractivity contribution in [3.8, 4) is 11.5 Å². The van der Waals surface area contributed by atoms with Crippen LogP contribution in [0.15, 0.2) is 82.6 Å². The summed E-state index contributed by atoms with van der Waals surface area (Å²) in [5.41, 5.74) is 1.18. The Hall–Kier alpha value is -3.61. The maximum Gasteiger partial charge on any atom is 0.264 e. The van der Waals surface area contributed by atoms with Crippen molar-refractivity contribution in [3.05, 3.63) is 78.4 Å². The van der Waals surface area contributed by atoms with E-state index in [9.17, 15) is 21.6 Å². The Bertz CT molecular complexity index is 1520. The van der Waals surface area contributed by atoms with Crippen LogP contribution in [0.2, 0.25) is 0 Å². The van der Waals surface area contributed by atoms with Gasteiger partial charge in [0, 0.05) is 32.2 Å². The predicted octanol–water partition coefficient (Wildman–Crippen LogP) is 2.74. The molecule has 3 aromatic rings. The van der Waals surface area contributed by atoms with Crippen molar-refractivity contribution < 1.29 is 31.1 Å². The summed E-state index contributed by atoms with van der Waals surface area (Å²) >= 11 is 0. The molecule has 0 spiro atoms. The van der Waals surface area contributed by atoms with Gasteiger partial charge in [-0.3, -0.25) is 9.10 Å². The van der Waals surface area contributed by atoms with E-state index in [2.05, 4.69) is 0 Å². The van der Waals surface area contributed by atoms with Crippen LogP contribution in [-0.4, -0.2) is 78.9 Å². The van der Waals surface area contributed by atoms with Gasteiger partial charge in [0.25, 0.3) is 10.0 Å². The Morgan fingerprint density at radius 1 is 0.795 bits per heavy atom. The van der Waals surface area contributed by atoms with Gasteiger partial charge in [-0.2, -0.15) is 4.31 Å². The first kappa shape index (κ1) is 28.4. The lowest BCUT2D eigenvalue weighted by Gasteiger charge is -2.35. The van der Waals surface area contributed by atoms with Crippen LogP contribution in [0.3, 0.4) is 0 Å². The zero-order valence-corrected chi connectivity index (χ0v) is 23.6. The molecule has 0 aliphatic carbocycles. The van der Waals surface area contributed by atoms with Gasteiger partial charge in [0.15, 0.2) is 11.5 Å². The van der Waals surface area contributed by atoms with Crippen molar-refractivity contribution >= 4 is 31.6 Å². The first-order chi connectivity index (χ1) is 18.6. The Morgan fingerprint density at radius 2 is 1.41 bits per heavy atom. The monoisotopic (exact) mass is 573 g/mol. The molecule has 39 heavy (non-hydrogen) atoms. The molecule has 1 aliphatic rings. The minimum atomic E-state index is -4.12. The molecule has 0 saturated carbocycles. The topological polar surface area (TPSA) is 114 Å². The number of aryl methyl sites for hydroxylation is 1.